The molecule has 0 aromatic rings. The Morgan fingerprint density at radius 2 is 1.56 bits per heavy atom. The number of ether oxygens (including phenoxy) is 1. The number of Topliss-reactive ketones (excluding diaryl/α,β-unsaturated/α-hetero) is 4. The van der Waals surface area contributed by atoms with Gasteiger partial charge in [-0.1, -0.05) is 0 Å². The Morgan fingerprint density at radius 3 is 2.17 bits per heavy atom. The van der Waals surface area contributed by atoms with E-state index in [1.54, 1.807) is 20.8 Å². The predicted molar refractivity (Wildman–Crippen MR) is 128 cm³/mol. The molecule has 1 saturated heterocycles. The molecule has 36 heavy (non-hydrogen) atoms. The first kappa shape index (κ1) is 24.5. The van der Waals surface area contributed by atoms with Crippen LogP contribution in [0.5, 0.6) is 0 Å². The van der Waals surface area contributed by atoms with Gasteiger partial charge in [0, 0.05) is 57.7 Å². The van der Waals surface area contributed by atoms with Crippen LogP contribution in [0.25, 0.3) is 0 Å². The van der Waals surface area contributed by atoms with Crippen molar-refractivity contribution in [3.05, 3.63) is 44.8 Å². The number of allylic oxidation sites excluding steroid dienone is 6. The number of likely N-dealkylation sites (N-methyl/N-ethyl adjacent to an activating group) is 1. The van der Waals surface area contributed by atoms with Crippen LogP contribution >= 0.6 is 0 Å². The van der Waals surface area contributed by atoms with Crippen molar-refractivity contribution in [2.45, 2.75) is 52.1 Å². The quantitative estimate of drug-likeness (QED) is 0.596. The Balaban J connectivity index is 1.73. The Kier molecular flexibility index (Phi) is 5.77. The zero-order valence-corrected chi connectivity index (χ0v) is 21.2. The van der Waals surface area contributed by atoms with Crippen LogP contribution in [-0.2, 0) is 23.9 Å². The van der Waals surface area contributed by atoms with E-state index >= 15 is 0 Å². The van der Waals surface area contributed by atoms with Crippen molar-refractivity contribution in [1.82, 2.24) is 4.90 Å². The highest BCUT2D eigenvalue weighted by Crippen LogP contribution is 2.57. The minimum atomic E-state index is -0.540. The van der Waals surface area contributed by atoms with Crippen LogP contribution in [0.2, 0.25) is 0 Å². The van der Waals surface area contributed by atoms with E-state index in [0.29, 0.717) is 33.4 Å². The SMILES string of the molecule is COC1=C(C)C(=O)C2=C(C1=O)C1[C@@H]3CC4=C(C(=O)C(C)=C(C)C4=O)[C@H](CCO)C3[C@@H](C#N)C(C2)N1C. The molecule has 6 atom stereocenters. The summed E-state index contributed by atoms with van der Waals surface area (Å²) in [4.78, 5) is 55.9. The number of nitrogens with zero attached hydrogens (tertiary/aromatic N) is 2. The molecule has 5 aliphatic rings. The van der Waals surface area contributed by atoms with E-state index in [0.717, 1.165) is 0 Å². The van der Waals surface area contributed by atoms with E-state index in [4.69, 9.17) is 4.74 Å². The molecule has 0 amide bonds. The second-order valence-corrected chi connectivity index (χ2v) is 10.6. The number of aliphatic hydroxyl groups excluding tert-OH is 1. The molecule has 0 spiro atoms. The number of rotatable bonds is 3. The smallest absolute Gasteiger partial charge is 0.225 e. The molecular weight excluding hydrogens is 460 g/mol. The second-order valence-electron chi connectivity index (χ2n) is 10.6. The van der Waals surface area contributed by atoms with Crippen molar-refractivity contribution in [2.24, 2.45) is 23.7 Å². The summed E-state index contributed by atoms with van der Waals surface area (Å²) in [5, 5.41) is 20.4. The van der Waals surface area contributed by atoms with E-state index in [9.17, 15) is 29.5 Å². The number of aliphatic hydroxyl groups is 1. The number of hydrogen-bond donors (Lipinski definition) is 1. The van der Waals surface area contributed by atoms with E-state index in [1.807, 2.05) is 11.9 Å². The Morgan fingerprint density at radius 1 is 0.944 bits per heavy atom. The van der Waals surface area contributed by atoms with Gasteiger partial charge in [0.15, 0.2) is 23.1 Å². The fraction of sp³-hybridized carbons (Fsp3) is 0.536. The number of methoxy groups -OCH3 is 1. The van der Waals surface area contributed by atoms with Gasteiger partial charge in [-0.2, -0.15) is 5.26 Å². The van der Waals surface area contributed by atoms with Crippen molar-refractivity contribution in [1.29, 1.82) is 5.26 Å². The zero-order chi connectivity index (χ0) is 26.2. The van der Waals surface area contributed by atoms with Gasteiger partial charge in [0.25, 0.3) is 0 Å². The number of carbonyl (C=O) groups excluding carboxylic acids is 4. The minimum Gasteiger partial charge on any atom is -0.492 e. The molecule has 0 aromatic heterocycles. The number of piperidine rings is 1. The molecule has 188 valence electrons. The highest BCUT2D eigenvalue weighted by Gasteiger charge is 2.60. The molecule has 2 aliphatic heterocycles. The molecule has 0 aromatic carbocycles. The third-order valence-electron chi connectivity index (χ3n) is 9.29. The number of carbonyl (C=O) groups is 4. The van der Waals surface area contributed by atoms with Crippen LogP contribution in [0.15, 0.2) is 44.8 Å². The molecule has 3 unspecified atom stereocenters. The van der Waals surface area contributed by atoms with Crippen LogP contribution in [0.3, 0.4) is 0 Å². The van der Waals surface area contributed by atoms with Gasteiger partial charge in [-0.05, 0) is 64.8 Å². The van der Waals surface area contributed by atoms with Crippen LogP contribution in [0.1, 0.15) is 40.0 Å². The summed E-state index contributed by atoms with van der Waals surface area (Å²) in [6.07, 6.45) is 0.736. The Bertz CT molecular complexity index is 1310. The van der Waals surface area contributed by atoms with E-state index < -0.39 is 17.9 Å². The second kappa shape index (κ2) is 8.46. The summed E-state index contributed by atoms with van der Waals surface area (Å²) in [5.74, 6) is -2.63. The largest absolute Gasteiger partial charge is 0.492 e. The first-order chi connectivity index (χ1) is 17.1. The molecule has 3 aliphatic carbocycles. The molecular formula is C28H30N2O6. The van der Waals surface area contributed by atoms with Crippen LogP contribution in [-0.4, -0.2) is 66.0 Å². The maximum absolute atomic E-state index is 13.7. The highest BCUT2D eigenvalue weighted by atomic mass is 16.5. The fourth-order valence-electron chi connectivity index (χ4n) is 7.53. The molecule has 8 nitrogen and oxygen atoms in total. The maximum Gasteiger partial charge on any atom is 0.225 e. The van der Waals surface area contributed by atoms with Crippen LogP contribution in [0.4, 0.5) is 0 Å². The molecule has 2 bridgehead atoms. The van der Waals surface area contributed by atoms with E-state index in [2.05, 4.69) is 6.07 Å². The van der Waals surface area contributed by atoms with Gasteiger partial charge in [-0.25, -0.2) is 0 Å². The maximum atomic E-state index is 13.7. The van der Waals surface area contributed by atoms with E-state index in [-0.39, 0.29) is 78.2 Å². The summed E-state index contributed by atoms with van der Waals surface area (Å²) in [6, 6.07) is 1.63. The van der Waals surface area contributed by atoms with Gasteiger partial charge in [-0.3, -0.25) is 24.1 Å². The monoisotopic (exact) mass is 490 g/mol. The molecule has 8 heteroatoms. The Hall–Kier alpha value is -3.15. The number of fused-ring (bicyclic) bond motifs is 5. The van der Waals surface area contributed by atoms with E-state index in [1.165, 1.54) is 7.11 Å². The third kappa shape index (κ3) is 2.99. The van der Waals surface area contributed by atoms with Crippen molar-refractivity contribution < 1.29 is 29.0 Å². The summed E-state index contributed by atoms with van der Waals surface area (Å²) >= 11 is 0. The van der Waals surface area contributed by atoms with Crippen molar-refractivity contribution in [3.63, 3.8) is 0 Å². The molecule has 5 rings (SSSR count). The molecule has 1 N–H and O–H groups in total. The lowest BCUT2D eigenvalue weighted by Gasteiger charge is -2.58. The lowest BCUT2D eigenvalue weighted by atomic mass is 9.52. The van der Waals surface area contributed by atoms with Crippen molar-refractivity contribution in [2.75, 3.05) is 20.8 Å². The Labute approximate surface area is 210 Å². The van der Waals surface area contributed by atoms with Crippen LogP contribution < -0.4 is 0 Å². The number of nitriles is 1. The van der Waals surface area contributed by atoms with Gasteiger partial charge < -0.3 is 9.84 Å². The number of ketones is 4. The van der Waals surface area contributed by atoms with Gasteiger partial charge >= 0.3 is 0 Å². The third-order valence-corrected chi connectivity index (χ3v) is 9.29. The predicted octanol–water partition coefficient (Wildman–Crippen LogP) is 2.00. The standard InChI is InChI=1S/C28H30N2O6/c1-11-12(2)26(34)21-14(6-7-31)20-15(8-16(21)24(11)32)23-22-17(9-19(30(23)4)18(20)10-29)25(33)13(3)28(36-5)27(22)35/h14-15,18-20,23,31H,6-9H2,1-5H3/t14-,15-,18+,19?,20?,23?/m1/s1. The van der Waals surface area contributed by atoms with Gasteiger partial charge in [0.2, 0.25) is 5.78 Å². The first-order valence-corrected chi connectivity index (χ1v) is 12.4. The summed E-state index contributed by atoms with van der Waals surface area (Å²) in [5.41, 5.74) is 2.75. The lowest BCUT2D eigenvalue weighted by Crippen LogP contribution is -2.64. The normalized spacial score (nSPS) is 34.6. The van der Waals surface area contributed by atoms with Gasteiger partial charge in [0.05, 0.1) is 19.1 Å². The van der Waals surface area contributed by atoms with Gasteiger partial charge in [0.1, 0.15) is 0 Å². The van der Waals surface area contributed by atoms with Crippen molar-refractivity contribution >= 4 is 23.1 Å². The average Bonchev–Trinajstić information content (AvgIpc) is 2.85. The molecule has 1 fully saturated rings. The summed E-state index contributed by atoms with van der Waals surface area (Å²) < 4.78 is 5.35. The van der Waals surface area contributed by atoms with Gasteiger partial charge in [-0.15, -0.1) is 0 Å². The highest BCUT2D eigenvalue weighted by molar-refractivity contribution is 6.26. The minimum absolute atomic E-state index is 0.0329. The summed E-state index contributed by atoms with van der Waals surface area (Å²) in [6.45, 7) is 4.69. The molecule has 0 saturated carbocycles. The first-order valence-electron chi connectivity index (χ1n) is 12.4. The topological polar surface area (TPSA) is 125 Å². The number of hydrogen-bond acceptors (Lipinski definition) is 8. The lowest BCUT2D eigenvalue weighted by molar-refractivity contribution is -0.123. The molecule has 2 heterocycles. The van der Waals surface area contributed by atoms with Crippen LogP contribution in [0, 0.1) is 35.0 Å². The van der Waals surface area contributed by atoms with Crippen molar-refractivity contribution in [3.8, 4) is 6.07 Å². The average molecular weight is 491 g/mol. The fourth-order valence-corrected chi connectivity index (χ4v) is 7.53. The molecule has 0 radical (unpaired) electrons. The zero-order valence-electron chi connectivity index (χ0n) is 21.2. The summed E-state index contributed by atoms with van der Waals surface area (Å²) in [7, 11) is 3.24.